The van der Waals surface area contributed by atoms with E-state index in [1.165, 1.54) is 0 Å². The number of aliphatic hydroxyl groups is 1. The van der Waals surface area contributed by atoms with Crippen molar-refractivity contribution in [2.75, 3.05) is 23.3 Å². The second-order valence-electron chi connectivity index (χ2n) is 9.46. The molecule has 10 nitrogen and oxygen atoms in total. The molecular formula is C28H36N6O4. The van der Waals surface area contributed by atoms with Crippen LogP contribution in [0.15, 0.2) is 54.6 Å². The van der Waals surface area contributed by atoms with E-state index >= 15 is 0 Å². The molecule has 1 aromatic heterocycles. The zero-order chi connectivity index (χ0) is 26.7. The van der Waals surface area contributed by atoms with Crippen LogP contribution in [0.25, 0.3) is 0 Å². The van der Waals surface area contributed by atoms with Crippen molar-refractivity contribution >= 4 is 23.6 Å². The summed E-state index contributed by atoms with van der Waals surface area (Å²) in [6, 6.07) is 17.5. The van der Waals surface area contributed by atoms with Crippen LogP contribution in [0.5, 0.6) is 5.75 Å². The van der Waals surface area contributed by atoms with Gasteiger partial charge < -0.3 is 25.2 Å². The van der Waals surface area contributed by atoms with Crippen molar-refractivity contribution in [1.82, 2.24) is 20.3 Å². The molecule has 1 aliphatic heterocycles. The monoisotopic (exact) mass is 520 g/mol. The highest BCUT2D eigenvalue weighted by Crippen LogP contribution is 2.22. The molecule has 4 rings (SSSR count). The molecular weight excluding hydrogens is 484 g/mol. The fraction of sp³-hybridized carbons (Fsp3) is 0.429. The lowest BCUT2D eigenvalue weighted by Gasteiger charge is -2.30. The number of hydrogen-bond acceptors (Lipinski definition) is 9. The molecule has 10 heteroatoms. The van der Waals surface area contributed by atoms with Crippen LogP contribution in [-0.2, 0) is 17.8 Å². The number of nitrogens with zero attached hydrogens (tertiary/aromatic N) is 4. The maximum absolute atomic E-state index is 10.8. The van der Waals surface area contributed by atoms with Gasteiger partial charge in [-0.25, -0.2) is 0 Å². The first kappa shape index (κ1) is 27.3. The van der Waals surface area contributed by atoms with Gasteiger partial charge in [0.15, 0.2) is 0 Å². The summed E-state index contributed by atoms with van der Waals surface area (Å²) in [6.07, 6.45) is 3.28. The number of unbranched alkanes of at least 4 members (excludes halogenated alkanes) is 1. The number of β-amino-alcohol motifs (C(OH)–C–C–N with tert-alkyl or cyclic N) is 1. The third-order valence-corrected chi connectivity index (χ3v) is 6.29. The Morgan fingerprint density at radius 3 is 2.68 bits per heavy atom. The fourth-order valence-corrected chi connectivity index (χ4v) is 4.35. The van der Waals surface area contributed by atoms with Crippen molar-refractivity contribution in [1.29, 1.82) is 0 Å². The first-order chi connectivity index (χ1) is 18.5. The van der Waals surface area contributed by atoms with Gasteiger partial charge in [0.25, 0.3) is 0 Å². The minimum Gasteiger partial charge on any atom is -0.481 e. The molecule has 1 fully saturated rings. The van der Waals surface area contributed by atoms with E-state index in [1.54, 1.807) is 0 Å². The number of hydrogen-bond donors (Lipinski definition) is 4. The fourth-order valence-electron chi connectivity index (χ4n) is 4.35. The summed E-state index contributed by atoms with van der Waals surface area (Å²) in [4.78, 5) is 26.7. The van der Waals surface area contributed by atoms with Gasteiger partial charge in [0.05, 0.1) is 12.6 Å². The van der Waals surface area contributed by atoms with Gasteiger partial charge in [-0.05, 0) is 62.8 Å². The average molecular weight is 521 g/mol. The molecule has 0 bridgehead atoms. The van der Waals surface area contributed by atoms with Crippen molar-refractivity contribution in [3.63, 3.8) is 0 Å². The second-order valence-corrected chi connectivity index (χ2v) is 9.46. The predicted octanol–water partition coefficient (Wildman–Crippen LogP) is 3.89. The lowest BCUT2D eigenvalue weighted by Crippen LogP contribution is -2.39. The number of carboxylic acids is 1. The summed E-state index contributed by atoms with van der Waals surface area (Å²) in [5.74, 6) is 1.54. The number of piperidine rings is 1. The molecule has 0 spiro atoms. The molecule has 0 amide bonds. The molecule has 2 atom stereocenters. The Kier molecular flexibility index (Phi) is 9.83. The van der Waals surface area contributed by atoms with E-state index in [4.69, 9.17) is 9.84 Å². The number of anilines is 3. The number of nitrogens with one attached hydrogen (secondary N) is 2. The molecule has 2 heterocycles. The number of aliphatic carboxylic acids is 1. The number of aromatic nitrogens is 3. The molecule has 3 aromatic rings. The Bertz CT molecular complexity index is 1180. The maximum atomic E-state index is 10.8. The van der Waals surface area contributed by atoms with Crippen molar-refractivity contribution in [3.8, 4) is 5.75 Å². The molecule has 4 N–H and O–H groups in total. The van der Waals surface area contributed by atoms with Crippen molar-refractivity contribution in [3.05, 3.63) is 66.0 Å². The number of carboxylic acid groups (broad SMARTS) is 1. The van der Waals surface area contributed by atoms with E-state index in [9.17, 15) is 9.90 Å². The number of ether oxygens (including phenoxy) is 1. The van der Waals surface area contributed by atoms with Crippen LogP contribution in [0.3, 0.4) is 0 Å². The van der Waals surface area contributed by atoms with Crippen LogP contribution < -0.4 is 20.3 Å². The van der Waals surface area contributed by atoms with Gasteiger partial charge in [-0.15, -0.1) is 0 Å². The van der Waals surface area contributed by atoms with Crippen LogP contribution in [-0.4, -0.2) is 56.6 Å². The number of para-hydroxylation sites is 2. The van der Waals surface area contributed by atoms with Gasteiger partial charge in [0, 0.05) is 25.2 Å². The quantitative estimate of drug-likeness (QED) is 0.194. The lowest BCUT2D eigenvalue weighted by molar-refractivity contribution is -0.137. The number of rotatable bonds is 13. The van der Waals surface area contributed by atoms with Crippen LogP contribution >= 0.6 is 0 Å². The summed E-state index contributed by atoms with van der Waals surface area (Å²) in [5.41, 5.74) is 1.92. The van der Waals surface area contributed by atoms with Crippen molar-refractivity contribution in [2.24, 2.45) is 0 Å². The largest absolute Gasteiger partial charge is 0.481 e. The van der Waals surface area contributed by atoms with Crippen LogP contribution in [0.1, 0.15) is 50.4 Å². The zero-order valence-electron chi connectivity index (χ0n) is 21.7. The van der Waals surface area contributed by atoms with Gasteiger partial charge in [-0.2, -0.15) is 15.0 Å². The maximum Gasteiger partial charge on any atom is 0.303 e. The lowest BCUT2D eigenvalue weighted by atomic mass is 10.1. The number of carbonyl (C=O) groups is 1. The SMILES string of the molecule is CC(NCc1nc(Nc2ccccc2)nc(N2CCCC(O)C2)n1)Oc1ccccc1CCCCC(=O)O. The second kappa shape index (κ2) is 13.7. The summed E-state index contributed by atoms with van der Waals surface area (Å²) in [7, 11) is 0. The van der Waals surface area contributed by atoms with Crippen molar-refractivity contribution < 1.29 is 19.7 Å². The van der Waals surface area contributed by atoms with Gasteiger partial charge in [0.2, 0.25) is 11.9 Å². The average Bonchev–Trinajstić information content (AvgIpc) is 2.91. The third-order valence-electron chi connectivity index (χ3n) is 6.29. The summed E-state index contributed by atoms with van der Waals surface area (Å²) in [6.45, 7) is 3.55. The molecule has 1 aliphatic rings. The highest BCUT2D eigenvalue weighted by molar-refractivity contribution is 5.66. The number of aryl methyl sites for hydroxylation is 1. The van der Waals surface area contributed by atoms with Gasteiger partial charge in [-0.1, -0.05) is 36.4 Å². The minimum atomic E-state index is -0.771. The predicted molar refractivity (Wildman–Crippen MR) is 146 cm³/mol. The normalized spacial score (nSPS) is 16.2. The van der Waals surface area contributed by atoms with Crippen molar-refractivity contribution in [2.45, 2.75) is 64.3 Å². The zero-order valence-corrected chi connectivity index (χ0v) is 21.7. The van der Waals surface area contributed by atoms with E-state index in [2.05, 4.69) is 25.6 Å². The minimum absolute atomic E-state index is 0.173. The Morgan fingerprint density at radius 2 is 1.89 bits per heavy atom. The van der Waals surface area contributed by atoms with E-state index < -0.39 is 12.1 Å². The van der Waals surface area contributed by atoms with Gasteiger partial charge in [0.1, 0.15) is 17.8 Å². The molecule has 0 saturated carbocycles. The molecule has 2 unspecified atom stereocenters. The number of aliphatic hydroxyl groups excluding tert-OH is 1. The topological polar surface area (TPSA) is 133 Å². The molecule has 0 radical (unpaired) electrons. The molecule has 2 aromatic carbocycles. The Labute approximate surface area is 223 Å². The molecule has 202 valence electrons. The molecule has 0 aliphatic carbocycles. The standard InChI is InChI=1S/C28H36N6O4/c1-20(38-24-15-7-5-10-21(24)11-6-8-16-26(36)37)29-18-25-31-27(30-22-12-3-2-4-13-22)33-28(32-25)34-17-9-14-23(35)19-34/h2-5,7,10,12-13,15,20,23,29,35H,6,8-9,11,14,16-19H2,1H3,(H,36,37)(H,30,31,32,33). The molecule has 1 saturated heterocycles. The Morgan fingerprint density at radius 1 is 1.11 bits per heavy atom. The molecule has 38 heavy (non-hydrogen) atoms. The third kappa shape index (κ3) is 8.39. The van der Waals surface area contributed by atoms with E-state index in [1.807, 2.05) is 66.4 Å². The van der Waals surface area contributed by atoms with Gasteiger partial charge >= 0.3 is 5.97 Å². The Hall–Kier alpha value is -3.76. The van der Waals surface area contributed by atoms with E-state index in [-0.39, 0.29) is 12.6 Å². The first-order valence-electron chi connectivity index (χ1n) is 13.2. The first-order valence-corrected chi connectivity index (χ1v) is 13.2. The highest BCUT2D eigenvalue weighted by Gasteiger charge is 2.21. The summed E-state index contributed by atoms with van der Waals surface area (Å²) < 4.78 is 6.17. The highest BCUT2D eigenvalue weighted by atomic mass is 16.5. The van der Waals surface area contributed by atoms with Crippen LogP contribution in [0, 0.1) is 0 Å². The summed E-state index contributed by atoms with van der Waals surface area (Å²) in [5, 5.41) is 25.6. The van der Waals surface area contributed by atoms with E-state index in [0.29, 0.717) is 37.2 Å². The van der Waals surface area contributed by atoms with E-state index in [0.717, 1.165) is 49.2 Å². The Balaban J connectivity index is 1.42. The summed E-state index contributed by atoms with van der Waals surface area (Å²) >= 11 is 0. The van der Waals surface area contributed by atoms with Crippen LogP contribution in [0.4, 0.5) is 17.6 Å². The van der Waals surface area contributed by atoms with Gasteiger partial charge in [-0.3, -0.25) is 10.1 Å². The smallest absolute Gasteiger partial charge is 0.303 e. The number of benzene rings is 2. The van der Waals surface area contributed by atoms with Crippen LogP contribution in [0.2, 0.25) is 0 Å².